The van der Waals surface area contributed by atoms with Gasteiger partial charge < -0.3 is 4.74 Å². The number of benzene rings is 1. The van der Waals surface area contributed by atoms with Crippen LogP contribution in [-0.4, -0.2) is 13.7 Å². The zero-order valence-corrected chi connectivity index (χ0v) is 7.88. The summed E-state index contributed by atoms with van der Waals surface area (Å²) in [6, 6.07) is 10.3. The maximum Gasteiger partial charge on any atom is 0.0651 e. The molecule has 2 heteroatoms. The predicted molar refractivity (Wildman–Crippen MR) is 53.3 cm³/mol. The maximum atomic E-state index is 4.88. The topological polar surface area (TPSA) is 9.23 Å². The molecule has 0 atom stereocenters. The highest BCUT2D eigenvalue weighted by Gasteiger charge is 1.84. The van der Waals surface area contributed by atoms with Crippen LogP contribution < -0.4 is 0 Å². The molecule has 1 nitrogen and oxygen atoms in total. The quantitative estimate of drug-likeness (QED) is 0.659. The lowest BCUT2D eigenvalue weighted by molar-refractivity contribution is 0.234. The SMILES string of the molecule is COC/C=C/Sc1ccccc1. The molecule has 0 aliphatic heterocycles. The molecule has 0 unspecified atom stereocenters. The van der Waals surface area contributed by atoms with E-state index in [-0.39, 0.29) is 0 Å². The van der Waals surface area contributed by atoms with Gasteiger partial charge in [-0.05, 0) is 17.5 Å². The second kappa shape index (κ2) is 5.86. The summed E-state index contributed by atoms with van der Waals surface area (Å²) in [4.78, 5) is 1.25. The van der Waals surface area contributed by atoms with Crippen molar-refractivity contribution < 1.29 is 4.74 Å². The van der Waals surface area contributed by atoms with Crippen LogP contribution in [0.15, 0.2) is 46.7 Å². The molecule has 0 aliphatic rings. The largest absolute Gasteiger partial charge is 0.381 e. The molecule has 0 aliphatic carbocycles. The second-order valence-electron chi connectivity index (χ2n) is 2.26. The van der Waals surface area contributed by atoms with Gasteiger partial charge >= 0.3 is 0 Å². The van der Waals surface area contributed by atoms with Gasteiger partial charge in [-0.2, -0.15) is 0 Å². The molecule has 0 N–H and O–H groups in total. The zero-order valence-electron chi connectivity index (χ0n) is 7.07. The third-order valence-electron chi connectivity index (χ3n) is 1.31. The second-order valence-corrected chi connectivity index (χ2v) is 3.24. The Hall–Kier alpha value is -0.730. The minimum Gasteiger partial charge on any atom is -0.381 e. The van der Waals surface area contributed by atoms with Gasteiger partial charge in [0.05, 0.1) is 6.61 Å². The molecule has 1 aromatic rings. The number of hydrogen-bond acceptors (Lipinski definition) is 2. The van der Waals surface area contributed by atoms with E-state index in [1.165, 1.54) is 4.90 Å². The van der Waals surface area contributed by atoms with Crippen LogP contribution in [-0.2, 0) is 4.74 Å². The van der Waals surface area contributed by atoms with E-state index >= 15 is 0 Å². The fourth-order valence-corrected chi connectivity index (χ4v) is 1.41. The first-order valence-electron chi connectivity index (χ1n) is 3.79. The lowest BCUT2D eigenvalue weighted by Gasteiger charge is -1.93. The molecular formula is C10H12OS. The Morgan fingerprint density at radius 2 is 2.08 bits per heavy atom. The van der Waals surface area contributed by atoms with E-state index in [1.54, 1.807) is 18.9 Å². The number of hydrogen-bond donors (Lipinski definition) is 0. The van der Waals surface area contributed by atoms with Crippen LogP contribution in [0.4, 0.5) is 0 Å². The van der Waals surface area contributed by atoms with Crippen molar-refractivity contribution in [2.45, 2.75) is 4.90 Å². The molecule has 0 spiro atoms. The average molecular weight is 180 g/mol. The first kappa shape index (κ1) is 9.36. The van der Waals surface area contributed by atoms with E-state index in [4.69, 9.17) is 4.74 Å². The van der Waals surface area contributed by atoms with Crippen LogP contribution in [0, 0.1) is 0 Å². The van der Waals surface area contributed by atoms with Crippen molar-refractivity contribution in [1.82, 2.24) is 0 Å². The molecule has 0 fully saturated rings. The minimum absolute atomic E-state index is 0.680. The molecule has 0 bridgehead atoms. The van der Waals surface area contributed by atoms with Gasteiger partial charge in [0.25, 0.3) is 0 Å². The van der Waals surface area contributed by atoms with Gasteiger partial charge in [0.1, 0.15) is 0 Å². The van der Waals surface area contributed by atoms with E-state index in [9.17, 15) is 0 Å². The number of thioether (sulfide) groups is 1. The lowest BCUT2D eigenvalue weighted by Crippen LogP contribution is -1.78. The molecular weight excluding hydrogens is 168 g/mol. The van der Waals surface area contributed by atoms with E-state index in [2.05, 4.69) is 12.1 Å². The van der Waals surface area contributed by atoms with Gasteiger partial charge in [-0.1, -0.05) is 36.0 Å². The van der Waals surface area contributed by atoms with Crippen molar-refractivity contribution >= 4 is 11.8 Å². The molecule has 0 amide bonds. The van der Waals surface area contributed by atoms with Crippen molar-refractivity contribution in [3.8, 4) is 0 Å². The smallest absolute Gasteiger partial charge is 0.0651 e. The van der Waals surface area contributed by atoms with Crippen LogP contribution in [0.1, 0.15) is 0 Å². The van der Waals surface area contributed by atoms with E-state index in [0.717, 1.165) is 0 Å². The van der Waals surface area contributed by atoms with Crippen molar-refractivity contribution in [2.75, 3.05) is 13.7 Å². The molecule has 0 saturated heterocycles. The third kappa shape index (κ3) is 3.60. The monoisotopic (exact) mass is 180 g/mol. The van der Waals surface area contributed by atoms with Crippen molar-refractivity contribution in [1.29, 1.82) is 0 Å². The van der Waals surface area contributed by atoms with Gasteiger partial charge in [-0.15, -0.1) is 0 Å². The molecule has 1 aromatic carbocycles. The highest BCUT2D eigenvalue weighted by atomic mass is 32.2. The number of ether oxygens (including phenoxy) is 1. The van der Waals surface area contributed by atoms with Crippen molar-refractivity contribution in [3.05, 3.63) is 41.8 Å². The van der Waals surface area contributed by atoms with Crippen LogP contribution in [0.25, 0.3) is 0 Å². The Kier molecular flexibility index (Phi) is 4.57. The van der Waals surface area contributed by atoms with Gasteiger partial charge in [0.15, 0.2) is 0 Å². The fourth-order valence-electron chi connectivity index (χ4n) is 0.761. The first-order chi connectivity index (χ1) is 5.93. The van der Waals surface area contributed by atoms with Crippen molar-refractivity contribution in [2.24, 2.45) is 0 Å². The highest BCUT2D eigenvalue weighted by molar-refractivity contribution is 8.02. The third-order valence-corrected chi connectivity index (χ3v) is 2.18. The van der Waals surface area contributed by atoms with Crippen LogP contribution in [0.3, 0.4) is 0 Å². The van der Waals surface area contributed by atoms with Gasteiger partial charge in [-0.25, -0.2) is 0 Å². The predicted octanol–water partition coefficient (Wildman–Crippen LogP) is 2.94. The van der Waals surface area contributed by atoms with E-state index in [1.807, 2.05) is 29.7 Å². The minimum atomic E-state index is 0.680. The Bertz CT molecular complexity index is 231. The summed E-state index contributed by atoms with van der Waals surface area (Å²) in [5.41, 5.74) is 0. The maximum absolute atomic E-state index is 4.88. The van der Waals surface area contributed by atoms with Gasteiger partial charge in [0.2, 0.25) is 0 Å². The Morgan fingerprint density at radius 3 is 2.75 bits per heavy atom. The van der Waals surface area contributed by atoms with Crippen LogP contribution in [0.2, 0.25) is 0 Å². The molecule has 12 heavy (non-hydrogen) atoms. The standard InChI is InChI=1S/C10H12OS/c1-11-8-5-9-12-10-6-3-2-4-7-10/h2-7,9H,8H2,1H3/b9-5+. The molecule has 0 heterocycles. The average Bonchev–Trinajstić information content (AvgIpc) is 2.14. The highest BCUT2D eigenvalue weighted by Crippen LogP contribution is 2.17. The van der Waals surface area contributed by atoms with Crippen LogP contribution >= 0.6 is 11.8 Å². The Balaban J connectivity index is 2.33. The van der Waals surface area contributed by atoms with E-state index in [0.29, 0.717) is 6.61 Å². The Morgan fingerprint density at radius 1 is 1.33 bits per heavy atom. The van der Waals surface area contributed by atoms with Crippen molar-refractivity contribution in [3.63, 3.8) is 0 Å². The lowest BCUT2D eigenvalue weighted by atomic mass is 10.4. The van der Waals surface area contributed by atoms with Gasteiger partial charge in [0, 0.05) is 12.0 Å². The summed E-state index contributed by atoms with van der Waals surface area (Å²) in [7, 11) is 1.69. The summed E-state index contributed by atoms with van der Waals surface area (Å²) in [5.74, 6) is 0. The molecule has 0 saturated carbocycles. The number of methoxy groups -OCH3 is 1. The number of rotatable bonds is 4. The molecule has 0 aromatic heterocycles. The summed E-state index contributed by atoms with van der Waals surface area (Å²) >= 11 is 1.70. The fraction of sp³-hybridized carbons (Fsp3) is 0.200. The molecule has 0 radical (unpaired) electrons. The summed E-state index contributed by atoms with van der Waals surface area (Å²) in [5, 5.41) is 2.04. The Labute approximate surface area is 77.4 Å². The van der Waals surface area contributed by atoms with Gasteiger partial charge in [-0.3, -0.25) is 0 Å². The summed E-state index contributed by atoms with van der Waals surface area (Å²) in [6.45, 7) is 0.680. The zero-order chi connectivity index (χ0) is 8.65. The first-order valence-corrected chi connectivity index (χ1v) is 4.67. The van der Waals surface area contributed by atoms with E-state index < -0.39 is 0 Å². The molecule has 1 rings (SSSR count). The normalized spacial score (nSPS) is 10.8. The summed E-state index contributed by atoms with van der Waals surface area (Å²) in [6.07, 6.45) is 2.00. The molecule has 64 valence electrons. The summed E-state index contributed by atoms with van der Waals surface area (Å²) < 4.78 is 4.88. The van der Waals surface area contributed by atoms with Crippen LogP contribution in [0.5, 0.6) is 0 Å².